The zero-order chi connectivity index (χ0) is 10.4. The third-order valence-corrected chi connectivity index (χ3v) is 2.83. The topological polar surface area (TPSA) is 55.7 Å². The van der Waals surface area contributed by atoms with E-state index in [1.54, 1.807) is 0 Å². The van der Waals surface area contributed by atoms with Crippen molar-refractivity contribution >= 4 is 7.05 Å². The van der Waals surface area contributed by atoms with Gasteiger partial charge in [-0.2, -0.15) is 0 Å². The van der Waals surface area contributed by atoms with Gasteiger partial charge in [-0.1, -0.05) is 0 Å². The molecule has 4 nitrogen and oxygen atoms in total. The minimum Gasteiger partial charge on any atom is -0.437 e. The summed E-state index contributed by atoms with van der Waals surface area (Å²) in [7, 11) is -0.312. The SMILES string of the molecule is CB(O)N1CCC(NCCCO)CC1. The Labute approximate surface area is 86.4 Å². The van der Waals surface area contributed by atoms with E-state index in [1.807, 2.05) is 6.82 Å². The molecule has 0 amide bonds. The highest BCUT2D eigenvalue weighted by Crippen LogP contribution is 2.10. The van der Waals surface area contributed by atoms with Gasteiger partial charge in [0.25, 0.3) is 0 Å². The van der Waals surface area contributed by atoms with E-state index in [0.717, 1.165) is 38.9 Å². The van der Waals surface area contributed by atoms with E-state index in [0.29, 0.717) is 6.04 Å². The van der Waals surface area contributed by atoms with Gasteiger partial charge in [0.2, 0.25) is 0 Å². The summed E-state index contributed by atoms with van der Waals surface area (Å²) in [6.45, 7) is 4.91. The van der Waals surface area contributed by atoms with Crippen LogP contribution >= 0.6 is 0 Å². The Kier molecular flexibility index (Phi) is 5.48. The van der Waals surface area contributed by atoms with Crippen LogP contribution in [-0.4, -0.2) is 54.3 Å². The van der Waals surface area contributed by atoms with E-state index in [9.17, 15) is 5.02 Å². The fourth-order valence-corrected chi connectivity index (χ4v) is 1.86. The maximum absolute atomic E-state index is 9.35. The molecule has 14 heavy (non-hydrogen) atoms. The van der Waals surface area contributed by atoms with Gasteiger partial charge in [-0.15, -0.1) is 0 Å². The van der Waals surface area contributed by atoms with Gasteiger partial charge < -0.3 is 20.3 Å². The summed E-state index contributed by atoms with van der Waals surface area (Å²) in [6, 6.07) is 0.566. The number of nitrogens with zero attached hydrogens (tertiary/aromatic N) is 1. The lowest BCUT2D eigenvalue weighted by Gasteiger charge is -2.33. The normalized spacial score (nSPS) is 19.9. The summed E-state index contributed by atoms with van der Waals surface area (Å²) >= 11 is 0. The molecule has 1 rings (SSSR count). The Morgan fingerprint density at radius 3 is 2.57 bits per heavy atom. The van der Waals surface area contributed by atoms with Crippen LogP contribution in [0.25, 0.3) is 0 Å². The lowest BCUT2D eigenvalue weighted by Crippen LogP contribution is -2.47. The van der Waals surface area contributed by atoms with Crippen LogP contribution in [0.2, 0.25) is 6.82 Å². The van der Waals surface area contributed by atoms with Gasteiger partial charge in [-0.05, 0) is 45.7 Å². The second-order valence-corrected chi connectivity index (χ2v) is 3.97. The second kappa shape index (κ2) is 6.40. The third kappa shape index (κ3) is 3.96. The summed E-state index contributed by atoms with van der Waals surface area (Å²) in [5.74, 6) is 0. The highest BCUT2D eigenvalue weighted by molar-refractivity contribution is 6.45. The van der Waals surface area contributed by atoms with Crippen LogP contribution in [0, 0.1) is 0 Å². The second-order valence-electron chi connectivity index (χ2n) is 3.97. The minimum atomic E-state index is -0.312. The molecule has 0 radical (unpaired) electrons. The first-order valence-electron chi connectivity index (χ1n) is 5.50. The van der Waals surface area contributed by atoms with Crippen molar-refractivity contribution in [1.29, 1.82) is 0 Å². The van der Waals surface area contributed by atoms with Crippen LogP contribution in [0.15, 0.2) is 0 Å². The van der Waals surface area contributed by atoms with Gasteiger partial charge in [0.15, 0.2) is 0 Å². The maximum atomic E-state index is 9.35. The molecule has 1 saturated heterocycles. The number of hydrogen-bond acceptors (Lipinski definition) is 4. The van der Waals surface area contributed by atoms with E-state index in [2.05, 4.69) is 10.1 Å². The predicted molar refractivity (Wildman–Crippen MR) is 58.1 cm³/mol. The summed E-state index contributed by atoms with van der Waals surface area (Å²) in [5.41, 5.74) is 0. The van der Waals surface area contributed by atoms with E-state index in [4.69, 9.17) is 5.11 Å². The number of aliphatic hydroxyl groups excluding tert-OH is 1. The van der Waals surface area contributed by atoms with Crippen LogP contribution in [-0.2, 0) is 0 Å². The standard InChI is InChI=1S/C9H21BN2O2/c1-10(14)12-6-3-9(4-7-12)11-5-2-8-13/h9,11,13-14H,2-8H2,1H3. The summed E-state index contributed by atoms with van der Waals surface area (Å²) in [6.07, 6.45) is 3.02. The van der Waals surface area contributed by atoms with Crippen molar-refractivity contribution in [3.63, 3.8) is 0 Å². The molecule has 3 N–H and O–H groups in total. The molecule has 0 aromatic carbocycles. The van der Waals surface area contributed by atoms with Crippen LogP contribution in [0.1, 0.15) is 19.3 Å². The molecule has 82 valence electrons. The number of hydrogen-bond donors (Lipinski definition) is 3. The van der Waals surface area contributed by atoms with Gasteiger partial charge in [-0.25, -0.2) is 0 Å². The summed E-state index contributed by atoms with van der Waals surface area (Å²) in [4.78, 5) is 2.09. The van der Waals surface area contributed by atoms with Crippen LogP contribution in [0.3, 0.4) is 0 Å². The molecule has 0 aromatic heterocycles. The molecule has 0 aromatic rings. The first kappa shape index (κ1) is 12.0. The van der Waals surface area contributed by atoms with Crippen molar-refractivity contribution in [1.82, 2.24) is 10.1 Å². The Balaban J connectivity index is 2.09. The zero-order valence-electron chi connectivity index (χ0n) is 8.95. The first-order chi connectivity index (χ1) is 6.74. The zero-order valence-corrected chi connectivity index (χ0v) is 8.95. The average Bonchev–Trinajstić information content (AvgIpc) is 2.19. The van der Waals surface area contributed by atoms with Crippen molar-refractivity contribution < 1.29 is 10.1 Å². The van der Waals surface area contributed by atoms with Crippen molar-refractivity contribution in [3.8, 4) is 0 Å². The van der Waals surface area contributed by atoms with E-state index in [-0.39, 0.29) is 13.7 Å². The number of rotatable bonds is 5. The molecular formula is C9H21BN2O2. The maximum Gasteiger partial charge on any atom is 0.376 e. The Morgan fingerprint density at radius 2 is 2.07 bits per heavy atom. The highest BCUT2D eigenvalue weighted by Gasteiger charge is 2.23. The molecule has 0 bridgehead atoms. The van der Waals surface area contributed by atoms with Gasteiger partial charge in [-0.3, -0.25) is 0 Å². The molecule has 0 unspecified atom stereocenters. The molecule has 1 fully saturated rings. The molecular weight excluding hydrogens is 179 g/mol. The highest BCUT2D eigenvalue weighted by atomic mass is 16.3. The van der Waals surface area contributed by atoms with Gasteiger partial charge in [0.1, 0.15) is 0 Å². The number of piperidine rings is 1. The Morgan fingerprint density at radius 1 is 1.43 bits per heavy atom. The lowest BCUT2D eigenvalue weighted by atomic mass is 9.82. The average molecular weight is 200 g/mol. The first-order valence-corrected chi connectivity index (χ1v) is 5.50. The van der Waals surface area contributed by atoms with Crippen molar-refractivity contribution in [2.24, 2.45) is 0 Å². The Hall–Kier alpha value is -0.0951. The van der Waals surface area contributed by atoms with Crippen molar-refractivity contribution in [2.45, 2.75) is 32.1 Å². The summed E-state index contributed by atoms with van der Waals surface area (Å²) in [5, 5.41) is 21.4. The number of nitrogens with one attached hydrogen (secondary N) is 1. The van der Waals surface area contributed by atoms with E-state index in [1.165, 1.54) is 0 Å². The molecule has 0 atom stereocenters. The van der Waals surface area contributed by atoms with Gasteiger partial charge >= 0.3 is 7.05 Å². The van der Waals surface area contributed by atoms with Crippen LogP contribution < -0.4 is 5.32 Å². The molecule has 1 aliphatic rings. The summed E-state index contributed by atoms with van der Waals surface area (Å²) < 4.78 is 0. The van der Waals surface area contributed by atoms with Gasteiger partial charge in [0, 0.05) is 12.6 Å². The van der Waals surface area contributed by atoms with Crippen LogP contribution in [0.5, 0.6) is 0 Å². The minimum absolute atomic E-state index is 0.263. The van der Waals surface area contributed by atoms with E-state index < -0.39 is 0 Å². The smallest absolute Gasteiger partial charge is 0.376 e. The quantitative estimate of drug-likeness (QED) is 0.415. The molecule has 1 heterocycles. The third-order valence-electron chi connectivity index (χ3n) is 2.83. The monoisotopic (exact) mass is 200 g/mol. The fraction of sp³-hybridized carbons (Fsp3) is 1.00. The molecule has 5 heteroatoms. The molecule has 0 spiro atoms. The fourth-order valence-electron chi connectivity index (χ4n) is 1.86. The molecule has 0 saturated carbocycles. The van der Waals surface area contributed by atoms with Crippen molar-refractivity contribution in [2.75, 3.05) is 26.2 Å². The van der Waals surface area contributed by atoms with Gasteiger partial charge in [0.05, 0.1) is 0 Å². The molecule has 0 aliphatic carbocycles. The lowest BCUT2D eigenvalue weighted by molar-refractivity contribution is 0.252. The van der Waals surface area contributed by atoms with Crippen LogP contribution in [0.4, 0.5) is 0 Å². The van der Waals surface area contributed by atoms with Crippen molar-refractivity contribution in [3.05, 3.63) is 0 Å². The molecule has 1 aliphatic heterocycles. The predicted octanol–water partition coefficient (Wildman–Crippen LogP) is -0.467. The largest absolute Gasteiger partial charge is 0.437 e. The number of aliphatic hydroxyl groups is 1. The Bertz CT molecular complexity index is 150. The van der Waals surface area contributed by atoms with E-state index >= 15 is 0 Å².